The first-order valence-electron chi connectivity index (χ1n) is 7.17. The molecule has 0 spiro atoms. The van der Waals surface area contributed by atoms with E-state index in [0.717, 1.165) is 52.0 Å². The minimum absolute atomic E-state index is 0.121. The topological polar surface area (TPSA) is 44.4 Å². The van der Waals surface area contributed by atoms with Gasteiger partial charge in [-0.2, -0.15) is 0 Å². The van der Waals surface area contributed by atoms with E-state index in [0.29, 0.717) is 5.92 Å². The molecule has 2 amide bonds. The highest BCUT2D eigenvalue weighted by molar-refractivity contribution is 5.74. The van der Waals surface area contributed by atoms with Crippen LogP contribution in [0, 0.1) is 5.92 Å². The molecular formula is C14H25N3O. The number of urea groups is 1. The van der Waals surface area contributed by atoms with Crippen molar-refractivity contribution in [2.75, 3.05) is 32.7 Å². The van der Waals surface area contributed by atoms with Gasteiger partial charge in [-0.3, -0.25) is 0 Å². The molecule has 0 bridgehead atoms. The van der Waals surface area contributed by atoms with Gasteiger partial charge in [0.2, 0.25) is 0 Å². The summed E-state index contributed by atoms with van der Waals surface area (Å²) in [6.07, 6.45) is 6.77. The first-order valence-corrected chi connectivity index (χ1v) is 7.17. The van der Waals surface area contributed by atoms with E-state index in [1.807, 2.05) is 4.90 Å². The zero-order chi connectivity index (χ0) is 12.8. The summed E-state index contributed by atoms with van der Waals surface area (Å²) in [6.45, 7) is 6.88. The first-order chi connectivity index (χ1) is 8.75. The summed E-state index contributed by atoms with van der Waals surface area (Å²) in [7, 11) is 0. The Morgan fingerprint density at radius 3 is 3.22 bits per heavy atom. The number of rotatable bonds is 3. The minimum Gasteiger partial charge on any atom is -0.338 e. The van der Waals surface area contributed by atoms with E-state index < -0.39 is 0 Å². The number of carbonyl (C=O) groups is 1. The normalized spacial score (nSPS) is 24.6. The van der Waals surface area contributed by atoms with Crippen LogP contribution >= 0.6 is 0 Å². The smallest absolute Gasteiger partial charge is 0.317 e. The highest BCUT2D eigenvalue weighted by Crippen LogP contribution is 2.15. The minimum atomic E-state index is 0.121. The van der Waals surface area contributed by atoms with Gasteiger partial charge in [-0.15, -0.1) is 0 Å². The number of piperidine rings is 1. The summed E-state index contributed by atoms with van der Waals surface area (Å²) in [4.78, 5) is 13.9. The molecule has 2 aliphatic heterocycles. The Kier molecular flexibility index (Phi) is 5.05. The van der Waals surface area contributed by atoms with E-state index in [-0.39, 0.29) is 6.03 Å². The molecule has 4 nitrogen and oxygen atoms in total. The molecule has 18 heavy (non-hydrogen) atoms. The highest BCUT2D eigenvalue weighted by atomic mass is 16.2. The molecule has 0 aromatic rings. The van der Waals surface area contributed by atoms with Gasteiger partial charge in [0.15, 0.2) is 0 Å². The van der Waals surface area contributed by atoms with Crippen molar-refractivity contribution in [1.82, 2.24) is 15.5 Å². The van der Waals surface area contributed by atoms with Crippen LogP contribution in [0.3, 0.4) is 0 Å². The number of likely N-dealkylation sites (tertiary alicyclic amines) is 1. The first kappa shape index (κ1) is 13.4. The van der Waals surface area contributed by atoms with Crippen molar-refractivity contribution in [3.8, 4) is 0 Å². The molecule has 1 unspecified atom stereocenters. The third kappa shape index (κ3) is 4.02. The predicted octanol–water partition coefficient (Wildman–Crippen LogP) is 1.74. The summed E-state index contributed by atoms with van der Waals surface area (Å²) < 4.78 is 0. The summed E-state index contributed by atoms with van der Waals surface area (Å²) in [5, 5.41) is 6.34. The van der Waals surface area contributed by atoms with Gasteiger partial charge in [-0.05, 0) is 38.1 Å². The van der Waals surface area contributed by atoms with Gasteiger partial charge in [-0.25, -0.2) is 4.79 Å². The van der Waals surface area contributed by atoms with Gasteiger partial charge in [-0.1, -0.05) is 18.6 Å². The molecule has 4 heteroatoms. The van der Waals surface area contributed by atoms with Crippen LogP contribution in [0.4, 0.5) is 4.79 Å². The van der Waals surface area contributed by atoms with Crippen molar-refractivity contribution in [2.24, 2.45) is 5.92 Å². The van der Waals surface area contributed by atoms with E-state index >= 15 is 0 Å². The largest absolute Gasteiger partial charge is 0.338 e. The van der Waals surface area contributed by atoms with Crippen LogP contribution in [0.15, 0.2) is 11.6 Å². The standard InChI is InChI=1S/C14H25N3O/c1-12-3-2-10-17(11-12)14(18)16-9-6-13-4-7-15-8-5-13/h4,12,15H,2-3,5-11H2,1H3,(H,16,18). The molecule has 0 saturated carbocycles. The lowest BCUT2D eigenvalue weighted by Gasteiger charge is -2.31. The Hall–Kier alpha value is -1.03. The Labute approximate surface area is 110 Å². The maximum absolute atomic E-state index is 12.0. The maximum Gasteiger partial charge on any atom is 0.317 e. The summed E-state index contributed by atoms with van der Waals surface area (Å²) in [6, 6.07) is 0.121. The van der Waals surface area contributed by atoms with Gasteiger partial charge < -0.3 is 15.5 Å². The number of amides is 2. The van der Waals surface area contributed by atoms with Gasteiger partial charge >= 0.3 is 6.03 Å². The maximum atomic E-state index is 12.0. The van der Waals surface area contributed by atoms with Gasteiger partial charge in [0, 0.05) is 26.2 Å². The second kappa shape index (κ2) is 6.78. The lowest BCUT2D eigenvalue weighted by molar-refractivity contribution is 0.170. The van der Waals surface area contributed by atoms with E-state index in [4.69, 9.17) is 0 Å². The van der Waals surface area contributed by atoms with E-state index in [1.54, 1.807) is 0 Å². The van der Waals surface area contributed by atoms with E-state index in [9.17, 15) is 4.79 Å². The molecule has 2 aliphatic rings. The van der Waals surface area contributed by atoms with E-state index in [1.165, 1.54) is 12.0 Å². The third-order valence-corrected chi connectivity index (χ3v) is 3.82. The zero-order valence-electron chi connectivity index (χ0n) is 11.4. The molecule has 0 aromatic heterocycles. The van der Waals surface area contributed by atoms with Crippen molar-refractivity contribution in [2.45, 2.75) is 32.6 Å². The number of nitrogens with one attached hydrogen (secondary N) is 2. The van der Waals surface area contributed by atoms with Crippen molar-refractivity contribution in [3.63, 3.8) is 0 Å². The SMILES string of the molecule is CC1CCCN(C(=O)NCCC2=CCNCC2)C1. The van der Waals surface area contributed by atoms with Crippen LogP contribution in [0.25, 0.3) is 0 Å². The quantitative estimate of drug-likeness (QED) is 0.750. The fourth-order valence-corrected chi connectivity index (χ4v) is 2.71. The average Bonchev–Trinajstić information content (AvgIpc) is 2.40. The van der Waals surface area contributed by atoms with Crippen molar-refractivity contribution < 1.29 is 4.79 Å². The Morgan fingerprint density at radius 1 is 1.61 bits per heavy atom. The molecule has 2 heterocycles. The monoisotopic (exact) mass is 251 g/mol. The highest BCUT2D eigenvalue weighted by Gasteiger charge is 2.20. The second-order valence-corrected chi connectivity index (χ2v) is 5.49. The molecule has 102 valence electrons. The fraction of sp³-hybridized carbons (Fsp3) is 0.786. The van der Waals surface area contributed by atoms with Crippen LogP contribution in [0.1, 0.15) is 32.6 Å². The number of carbonyl (C=O) groups excluding carboxylic acids is 1. The van der Waals surface area contributed by atoms with Crippen LogP contribution in [0.5, 0.6) is 0 Å². The summed E-state index contributed by atoms with van der Waals surface area (Å²) >= 11 is 0. The van der Waals surface area contributed by atoms with Crippen molar-refractivity contribution in [1.29, 1.82) is 0 Å². The lowest BCUT2D eigenvalue weighted by Crippen LogP contribution is -2.45. The summed E-state index contributed by atoms with van der Waals surface area (Å²) in [5.41, 5.74) is 1.47. The molecule has 1 fully saturated rings. The molecule has 2 rings (SSSR count). The number of hydrogen-bond acceptors (Lipinski definition) is 2. The zero-order valence-corrected chi connectivity index (χ0v) is 11.4. The molecule has 2 N–H and O–H groups in total. The van der Waals surface area contributed by atoms with Crippen LogP contribution in [-0.4, -0.2) is 43.7 Å². The second-order valence-electron chi connectivity index (χ2n) is 5.49. The van der Waals surface area contributed by atoms with Crippen LogP contribution in [0.2, 0.25) is 0 Å². The predicted molar refractivity (Wildman–Crippen MR) is 73.6 cm³/mol. The van der Waals surface area contributed by atoms with Gasteiger partial charge in [0.05, 0.1) is 0 Å². The van der Waals surface area contributed by atoms with Gasteiger partial charge in [0.25, 0.3) is 0 Å². The Morgan fingerprint density at radius 2 is 2.50 bits per heavy atom. The summed E-state index contributed by atoms with van der Waals surface area (Å²) in [5.74, 6) is 0.650. The van der Waals surface area contributed by atoms with Crippen LogP contribution in [-0.2, 0) is 0 Å². The van der Waals surface area contributed by atoms with Crippen molar-refractivity contribution in [3.05, 3.63) is 11.6 Å². The molecule has 0 radical (unpaired) electrons. The van der Waals surface area contributed by atoms with Crippen LogP contribution < -0.4 is 10.6 Å². The fourth-order valence-electron chi connectivity index (χ4n) is 2.71. The Balaban J connectivity index is 1.66. The molecular weight excluding hydrogens is 226 g/mol. The third-order valence-electron chi connectivity index (χ3n) is 3.82. The number of nitrogens with zero attached hydrogens (tertiary/aromatic N) is 1. The van der Waals surface area contributed by atoms with Gasteiger partial charge in [0.1, 0.15) is 0 Å². The van der Waals surface area contributed by atoms with Crippen molar-refractivity contribution >= 4 is 6.03 Å². The molecule has 0 aromatic carbocycles. The molecule has 1 atom stereocenters. The van der Waals surface area contributed by atoms with E-state index in [2.05, 4.69) is 23.6 Å². The molecule has 0 aliphatic carbocycles. The number of hydrogen-bond donors (Lipinski definition) is 2. The average molecular weight is 251 g/mol. The Bertz CT molecular complexity index is 314. The molecule has 1 saturated heterocycles. The lowest BCUT2D eigenvalue weighted by atomic mass is 10.0.